The Kier molecular flexibility index (Phi) is 13.1. The Hall–Kier alpha value is -2.91. The van der Waals surface area contributed by atoms with Gasteiger partial charge in [-0.25, -0.2) is 19.0 Å². The minimum atomic E-state index is -3.02. The van der Waals surface area contributed by atoms with Crippen molar-refractivity contribution in [1.29, 1.82) is 0 Å². The number of cyclic esters (lactones) is 1. The fourth-order valence-corrected chi connectivity index (χ4v) is 6.90. The number of methoxy groups -OCH3 is 1. The molecule has 2 aromatic rings. The van der Waals surface area contributed by atoms with Gasteiger partial charge < -0.3 is 19.9 Å². The Labute approximate surface area is 282 Å². The second kappa shape index (κ2) is 16.0. The van der Waals surface area contributed by atoms with E-state index in [2.05, 4.69) is 41.4 Å². The van der Waals surface area contributed by atoms with Gasteiger partial charge >= 0.3 is 12.1 Å². The van der Waals surface area contributed by atoms with Crippen LogP contribution in [0.15, 0.2) is 17.8 Å². The normalized spacial score (nSPS) is 23.4. The molecule has 47 heavy (non-hydrogen) atoms. The summed E-state index contributed by atoms with van der Waals surface area (Å²) in [5.41, 5.74) is -4.00. The summed E-state index contributed by atoms with van der Waals surface area (Å²) in [5.74, 6) is -3.75. The molecule has 1 amide bonds. The number of halogens is 1. The lowest BCUT2D eigenvalue weighted by Gasteiger charge is -2.41. The van der Waals surface area contributed by atoms with Gasteiger partial charge in [-0.3, -0.25) is 14.4 Å². The number of aromatic nitrogens is 4. The second-order valence-electron chi connectivity index (χ2n) is 13.5. The molecule has 1 saturated heterocycles. The maximum atomic E-state index is 14.4. The maximum Gasteiger partial charge on any atom is 0.410 e. The predicted molar refractivity (Wildman–Crippen MR) is 178 cm³/mol. The van der Waals surface area contributed by atoms with Crippen LogP contribution < -0.4 is 5.32 Å². The standard InChI is InChI=1S/C32H50BFN6O6S/c1-9-21(3)32(7)26(40(29(44)46-32)14-11-10-13-39-19-23(37-38-39)27-35-12-15-47-27)22(4)36-18-20(2)17-30(5,45-8)24(33)16-25(41)31(6,34)28(42)43/h12,15,19-22,24,26,36H,9-11,13-14,16-18H2,1-8H3,(H,42,43)/t20-,21-,22-,24-,26-,30-,31+,32-/m1/s1. The summed E-state index contributed by atoms with van der Waals surface area (Å²) in [6.07, 6.45) is 5.62. The molecule has 2 aromatic heterocycles. The van der Waals surface area contributed by atoms with E-state index in [4.69, 9.17) is 22.4 Å². The number of nitrogens with zero attached hydrogens (tertiary/aromatic N) is 5. The molecule has 0 bridgehead atoms. The molecule has 0 saturated carbocycles. The van der Waals surface area contributed by atoms with Crippen molar-refractivity contribution in [2.75, 3.05) is 20.2 Å². The van der Waals surface area contributed by atoms with E-state index < -0.39 is 40.9 Å². The Morgan fingerprint density at radius 3 is 2.55 bits per heavy atom. The van der Waals surface area contributed by atoms with E-state index in [1.165, 1.54) is 18.4 Å². The number of Topliss-reactive ketones (excluding diaryl/α,β-unsaturated/α-hetero) is 1. The molecule has 12 nitrogen and oxygen atoms in total. The summed E-state index contributed by atoms with van der Waals surface area (Å²) in [4.78, 5) is 43.0. The quantitative estimate of drug-likeness (QED) is 0.112. The number of alkyl halides is 1. The van der Waals surface area contributed by atoms with Gasteiger partial charge in [0.25, 0.3) is 5.67 Å². The molecule has 0 spiro atoms. The summed E-state index contributed by atoms with van der Waals surface area (Å²) >= 11 is 1.51. The van der Waals surface area contributed by atoms with E-state index in [1.54, 1.807) is 17.8 Å². The van der Waals surface area contributed by atoms with Crippen molar-refractivity contribution in [2.24, 2.45) is 11.8 Å². The summed E-state index contributed by atoms with van der Waals surface area (Å²) in [6.45, 7) is 14.5. The van der Waals surface area contributed by atoms with Crippen LogP contribution in [0.2, 0.25) is 5.82 Å². The van der Waals surface area contributed by atoms with Crippen molar-refractivity contribution in [3.05, 3.63) is 17.8 Å². The average molecular weight is 677 g/mol. The monoisotopic (exact) mass is 676 g/mol. The van der Waals surface area contributed by atoms with Crippen molar-refractivity contribution < 1.29 is 33.4 Å². The summed E-state index contributed by atoms with van der Waals surface area (Å²) in [7, 11) is 7.77. The number of rotatable bonds is 20. The molecule has 1 fully saturated rings. The Balaban J connectivity index is 1.62. The SMILES string of the molecule is [B][C@H](CC(=O)[C@](C)(F)C(=O)O)[C@@](C)(C[C@@H](C)CN[C@H](C)[C@H]1N(CCCCn2cc(-c3nccs3)nn2)C(=O)O[C@]1(C)[C@H](C)CC)OC. The number of thiazole rings is 1. The number of carboxylic acid groups (broad SMARTS) is 1. The van der Waals surface area contributed by atoms with E-state index in [9.17, 15) is 18.8 Å². The molecule has 0 unspecified atom stereocenters. The summed E-state index contributed by atoms with van der Waals surface area (Å²) in [6, 6.07) is -0.363. The van der Waals surface area contributed by atoms with Gasteiger partial charge in [0.2, 0.25) is 0 Å². The van der Waals surface area contributed by atoms with Crippen LogP contribution >= 0.6 is 11.3 Å². The first-order valence-corrected chi connectivity index (χ1v) is 17.2. The molecule has 3 rings (SSSR count). The molecule has 1 aliphatic rings. The number of ketones is 1. The number of carbonyl (C=O) groups excluding carboxylic acids is 2. The fourth-order valence-electron chi connectivity index (χ4n) is 6.31. The van der Waals surface area contributed by atoms with Crippen molar-refractivity contribution in [3.63, 3.8) is 0 Å². The van der Waals surface area contributed by atoms with Gasteiger partial charge in [0, 0.05) is 44.2 Å². The number of ether oxygens (including phenoxy) is 2. The highest BCUT2D eigenvalue weighted by molar-refractivity contribution is 7.13. The van der Waals surface area contributed by atoms with Crippen LogP contribution in [0.1, 0.15) is 80.6 Å². The maximum absolute atomic E-state index is 14.4. The lowest BCUT2D eigenvalue weighted by Crippen LogP contribution is -2.58. The molecular weight excluding hydrogens is 626 g/mol. The van der Waals surface area contributed by atoms with Gasteiger partial charge in [-0.05, 0) is 77.6 Å². The van der Waals surface area contributed by atoms with E-state index >= 15 is 0 Å². The van der Waals surface area contributed by atoms with Gasteiger partial charge in [0.1, 0.15) is 16.3 Å². The minimum absolute atomic E-state index is 0.00179. The molecule has 260 valence electrons. The molecule has 3 heterocycles. The van der Waals surface area contributed by atoms with E-state index in [0.29, 0.717) is 26.1 Å². The van der Waals surface area contributed by atoms with Crippen LogP contribution in [0.3, 0.4) is 0 Å². The Morgan fingerprint density at radius 2 is 1.96 bits per heavy atom. The first-order chi connectivity index (χ1) is 22.0. The first kappa shape index (κ1) is 38.5. The molecule has 2 N–H and O–H groups in total. The van der Waals surface area contributed by atoms with Gasteiger partial charge in [0.15, 0.2) is 5.78 Å². The molecular formula is C32H50BFN6O6S. The van der Waals surface area contributed by atoms with Crippen molar-refractivity contribution in [3.8, 4) is 10.7 Å². The number of hydrogen-bond acceptors (Lipinski definition) is 10. The van der Waals surface area contributed by atoms with E-state index in [1.807, 2.05) is 30.3 Å². The highest BCUT2D eigenvalue weighted by Gasteiger charge is 2.55. The molecule has 8 atom stereocenters. The number of aliphatic carboxylic acids is 1. The number of carbonyl (C=O) groups is 3. The predicted octanol–water partition coefficient (Wildman–Crippen LogP) is 4.95. The van der Waals surface area contributed by atoms with Gasteiger partial charge in [-0.2, -0.15) is 0 Å². The zero-order chi connectivity index (χ0) is 35.2. The van der Waals surface area contributed by atoms with Crippen LogP contribution in [0.5, 0.6) is 0 Å². The van der Waals surface area contributed by atoms with Crippen molar-refractivity contribution in [2.45, 2.75) is 122 Å². The third-order valence-electron chi connectivity index (χ3n) is 9.88. The van der Waals surface area contributed by atoms with Crippen LogP contribution in [0, 0.1) is 11.8 Å². The summed E-state index contributed by atoms with van der Waals surface area (Å²) < 4.78 is 28.0. The average Bonchev–Trinajstić information content (AvgIpc) is 3.77. The second-order valence-corrected chi connectivity index (χ2v) is 14.4. The smallest absolute Gasteiger partial charge is 0.410 e. The van der Waals surface area contributed by atoms with Crippen LogP contribution in [0.25, 0.3) is 10.7 Å². The zero-order valence-electron chi connectivity index (χ0n) is 28.9. The molecule has 15 heteroatoms. The van der Waals surface area contributed by atoms with Gasteiger partial charge in [-0.15, -0.1) is 16.4 Å². The number of aryl methyl sites for hydroxylation is 1. The number of nitrogens with one attached hydrogen (secondary N) is 1. The van der Waals surface area contributed by atoms with Crippen LogP contribution in [-0.2, 0) is 25.6 Å². The van der Waals surface area contributed by atoms with Crippen molar-refractivity contribution in [1.82, 2.24) is 30.2 Å². The first-order valence-electron chi connectivity index (χ1n) is 16.3. The molecule has 2 radical (unpaired) electrons. The summed E-state index contributed by atoms with van der Waals surface area (Å²) in [5, 5.41) is 23.8. The molecule has 1 aliphatic heterocycles. The molecule has 0 aliphatic carbocycles. The number of amides is 1. The van der Waals surface area contributed by atoms with Crippen LogP contribution in [-0.4, -0.2) is 105 Å². The highest BCUT2D eigenvalue weighted by Crippen LogP contribution is 2.40. The van der Waals surface area contributed by atoms with E-state index in [0.717, 1.165) is 36.9 Å². The lowest BCUT2D eigenvalue weighted by molar-refractivity contribution is -0.156. The third kappa shape index (κ3) is 8.97. The van der Waals surface area contributed by atoms with Gasteiger partial charge in [0.05, 0.1) is 25.7 Å². The Bertz CT molecular complexity index is 1350. The minimum Gasteiger partial charge on any atom is -0.479 e. The zero-order valence-corrected chi connectivity index (χ0v) is 29.7. The van der Waals surface area contributed by atoms with Crippen molar-refractivity contribution >= 4 is 37.0 Å². The largest absolute Gasteiger partial charge is 0.479 e. The highest BCUT2D eigenvalue weighted by atomic mass is 32.1. The fraction of sp³-hybridized carbons (Fsp3) is 0.750. The van der Waals surface area contributed by atoms with Crippen LogP contribution in [0.4, 0.5) is 9.18 Å². The topological polar surface area (TPSA) is 149 Å². The number of carboxylic acids is 1. The van der Waals surface area contributed by atoms with E-state index in [-0.39, 0.29) is 30.0 Å². The third-order valence-corrected chi connectivity index (χ3v) is 10.7. The number of hydrogen-bond donors (Lipinski definition) is 2. The lowest BCUT2D eigenvalue weighted by atomic mass is 9.67. The number of unbranched alkanes of at least 4 members (excludes halogenated alkanes) is 1. The Morgan fingerprint density at radius 1 is 1.28 bits per heavy atom. The molecule has 0 aromatic carbocycles. The van der Waals surface area contributed by atoms with Gasteiger partial charge in [-0.1, -0.05) is 26.0 Å².